The average molecular weight is 269 g/mol. The molecule has 106 valence electrons. The van der Waals surface area contributed by atoms with Crippen LogP contribution in [0.4, 0.5) is 0 Å². The van der Waals surface area contributed by atoms with Gasteiger partial charge in [-0.25, -0.2) is 10.2 Å². The van der Waals surface area contributed by atoms with Crippen molar-refractivity contribution in [1.82, 2.24) is 10.7 Å². The number of carbonyl (C=O) groups is 3. The monoisotopic (exact) mass is 269 g/mol. The van der Waals surface area contributed by atoms with Crippen molar-refractivity contribution in [3.05, 3.63) is 0 Å². The molecule has 0 aromatic rings. The lowest BCUT2D eigenvalue weighted by molar-refractivity contribution is -0.142. The van der Waals surface area contributed by atoms with Gasteiger partial charge in [0.05, 0.1) is 0 Å². The van der Waals surface area contributed by atoms with Crippen LogP contribution < -0.4 is 10.7 Å². The first-order valence-corrected chi connectivity index (χ1v) is 6.22. The van der Waals surface area contributed by atoms with E-state index >= 15 is 0 Å². The number of rotatable bonds is 5. The van der Waals surface area contributed by atoms with E-state index in [2.05, 4.69) is 15.8 Å². The SMILES string of the molecule is CC(C)[C@@H](C)NC(=O)COC(=O)C1=NNC(=O)CC1. The second kappa shape index (κ2) is 6.86. The molecule has 1 atom stereocenters. The maximum Gasteiger partial charge on any atom is 0.355 e. The molecule has 7 heteroatoms. The molecule has 0 saturated carbocycles. The maximum absolute atomic E-state index is 11.5. The highest BCUT2D eigenvalue weighted by atomic mass is 16.5. The molecular formula is C12H19N3O4. The smallest absolute Gasteiger partial charge is 0.355 e. The summed E-state index contributed by atoms with van der Waals surface area (Å²) in [5, 5.41) is 6.31. The molecule has 0 spiro atoms. The van der Waals surface area contributed by atoms with Crippen LogP contribution in [0.3, 0.4) is 0 Å². The van der Waals surface area contributed by atoms with E-state index in [0.717, 1.165) is 0 Å². The molecule has 19 heavy (non-hydrogen) atoms. The molecule has 1 heterocycles. The van der Waals surface area contributed by atoms with Crippen molar-refractivity contribution in [3.8, 4) is 0 Å². The highest BCUT2D eigenvalue weighted by Gasteiger charge is 2.20. The van der Waals surface area contributed by atoms with Crippen LogP contribution in [0.2, 0.25) is 0 Å². The van der Waals surface area contributed by atoms with Crippen LogP contribution in [0.5, 0.6) is 0 Å². The Balaban J connectivity index is 2.34. The number of esters is 1. The third-order valence-electron chi connectivity index (χ3n) is 2.86. The van der Waals surface area contributed by atoms with E-state index in [4.69, 9.17) is 4.74 Å². The standard InChI is InChI=1S/C12H19N3O4/c1-7(2)8(3)13-11(17)6-19-12(18)9-4-5-10(16)15-14-9/h7-8H,4-6H2,1-3H3,(H,13,17)(H,15,16)/t8-/m1/s1. The molecule has 7 nitrogen and oxygen atoms in total. The summed E-state index contributed by atoms with van der Waals surface area (Å²) in [6, 6.07) is 0.0116. The molecule has 0 aliphatic carbocycles. The Labute approximate surface area is 111 Å². The Kier molecular flexibility index (Phi) is 5.47. The molecule has 0 aromatic heterocycles. The lowest BCUT2D eigenvalue weighted by Crippen LogP contribution is -2.39. The zero-order chi connectivity index (χ0) is 14.4. The van der Waals surface area contributed by atoms with E-state index in [9.17, 15) is 14.4 Å². The van der Waals surface area contributed by atoms with Gasteiger partial charge in [-0.1, -0.05) is 13.8 Å². The Bertz CT molecular complexity index is 404. The summed E-state index contributed by atoms with van der Waals surface area (Å²) >= 11 is 0. The Morgan fingerprint density at radius 2 is 2.05 bits per heavy atom. The lowest BCUT2D eigenvalue weighted by Gasteiger charge is -2.17. The highest BCUT2D eigenvalue weighted by Crippen LogP contribution is 2.02. The average Bonchev–Trinajstić information content (AvgIpc) is 2.36. The van der Waals surface area contributed by atoms with Crippen molar-refractivity contribution >= 4 is 23.5 Å². The first kappa shape index (κ1) is 15.1. The highest BCUT2D eigenvalue weighted by molar-refractivity contribution is 6.37. The van der Waals surface area contributed by atoms with Crippen molar-refractivity contribution in [1.29, 1.82) is 0 Å². The van der Waals surface area contributed by atoms with Crippen molar-refractivity contribution in [3.63, 3.8) is 0 Å². The zero-order valence-corrected chi connectivity index (χ0v) is 11.4. The van der Waals surface area contributed by atoms with Crippen molar-refractivity contribution in [2.45, 2.75) is 39.7 Å². The van der Waals surface area contributed by atoms with E-state index in [0.29, 0.717) is 5.92 Å². The van der Waals surface area contributed by atoms with Gasteiger partial charge in [-0.05, 0) is 12.8 Å². The summed E-state index contributed by atoms with van der Waals surface area (Å²) < 4.78 is 4.83. The lowest BCUT2D eigenvalue weighted by atomic mass is 10.1. The number of hydrogen-bond acceptors (Lipinski definition) is 5. The van der Waals surface area contributed by atoms with E-state index in [1.807, 2.05) is 20.8 Å². The van der Waals surface area contributed by atoms with Gasteiger partial charge in [-0.3, -0.25) is 9.59 Å². The van der Waals surface area contributed by atoms with Crippen LogP contribution in [0, 0.1) is 5.92 Å². The minimum Gasteiger partial charge on any atom is -0.451 e. The number of carbonyl (C=O) groups excluding carboxylic acids is 3. The number of ether oxygens (including phenoxy) is 1. The molecule has 0 unspecified atom stereocenters. The molecule has 0 aromatic carbocycles. The van der Waals surface area contributed by atoms with Gasteiger partial charge in [0.1, 0.15) is 5.71 Å². The van der Waals surface area contributed by atoms with Crippen molar-refractivity contribution in [2.75, 3.05) is 6.61 Å². The third kappa shape index (κ3) is 5.07. The molecule has 0 saturated heterocycles. The number of hydrogen-bond donors (Lipinski definition) is 2. The topological polar surface area (TPSA) is 96.9 Å². The molecular weight excluding hydrogens is 250 g/mol. The third-order valence-corrected chi connectivity index (χ3v) is 2.86. The van der Waals surface area contributed by atoms with E-state index in [1.54, 1.807) is 0 Å². The molecule has 2 amide bonds. The van der Waals surface area contributed by atoms with Crippen LogP contribution in [0.15, 0.2) is 5.10 Å². The molecule has 0 fully saturated rings. The van der Waals surface area contributed by atoms with Crippen LogP contribution in [0.1, 0.15) is 33.6 Å². The molecule has 0 radical (unpaired) electrons. The minimum absolute atomic E-state index is 0.0116. The summed E-state index contributed by atoms with van der Waals surface area (Å²) in [5.74, 6) is -0.958. The van der Waals surface area contributed by atoms with Crippen molar-refractivity contribution in [2.24, 2.45) is 11.0 Å². The van der Waals surface area contributed by atoms with Gasteiger partial charge in [-0.2, -0.15) is 5.10 Å². The molecule has 2 N–H and O–H groups in total. The van der Waals surface area contributed by atoms with Gasteiger partial charge in [-0.15, -0.1) is 0 Å². The molecule has 1 aliphatic rings. The van der Waals surface area contributed by atoms with Crippen LogP contribution in [-0.4, -0.2) is 36.1 Å². The van der Waals surface area contributed by atoms with Crippen LogP contribution >= 0.6 is 0 Å². The number of nitrogens with zero attached hydrogens (tertiary/aromatic N) is 1. The summed E-state index contributed by atoms with van der Waals surface area (Å²) in [7, 11) is 0. The van der Waals surface area contributed by atoms with Gasteiger partial charge in [0, 0.05) is 18.9 Å². The number of amides is 2. The molecule has 1 aliphatic heterocycles. The van der Waals surface area contributed by atoms with Gasteiger partial charge in [0.15, 0.2) is 6.61 Å². The largest absolute Gasteiger partial charge is 0.451 e. The van der Waals surface area contributed by atoms with Gasteiger partial charge in [0.2, 0.25) is 5.91 Å². The maximum atomic E-state index is 11.5. The first-order valence-electron chi connectivity index (χ1n) is 6.22. The van der Waals surface area contributed by atoms with Gasteiger partial charge < -0.3 is 10.1 Å². The second-order valence-electron chi connectivity index (χ2n) is 4.77. The van der Waals surface area contributed by atoms with E-state index in [-0.39, 0.29) is 43.0 Å². The Morgan fingerprint density at radius 1 is 1.37 bits per heavy atom. The quantitative estimate of drug-likeness (QED) is 0.684. The van der Waals surface area contributed by atoms with Gasteiger partial charge in [0.25, 0.3) is 5.91 Å². The van der Waals surface area contributed by atoms with E-state index in [1.165, 1.54) is 0 Å². The van der Waals surface area contributed by atoms with Crippen LogP contribution in [-0.2, 0) is 19.1 Å². The Hall–Kier alpha value is -1.92. The second-order valence-corrected chi connectivity index (χ2v) is 4.77. The fraction of sp³-hybridized carbons (Fsp3) is 0.667. The Morgan fingerprint density at radius 3 is 2.58 bits per heavy atom. The van der Waals surface area contributed by atoms with Crippen LogP contribution in [0.25, 0.3) is 0 Å². The van der Waals surface area contributed by atoms with Crippen molar-refractivity contribution < 1.29 is 19.1 Å². The predicted octanol–water partition coefficient (Wildman–Crippen LogP) is -0.0437. The minimum atomic E-state index is -0.674. The summed E-state index contributed by atoms with van der Waals surface area (Å²) in [4.78, 5) is 33.9. The zero-order valence-electron chi connectivity index (χ0n) is 11.4. The number of nitrogens with one attached hydrogen (secondary N) is 2. The van der Waals surface area contributed by atoms with E-state index < -0.39 is 5.97 Å². The summed E-state index contributed by atoms with van der Waals surface area (Å²) in [6.45, 7) is 5.50. The van der Waals surface area contributed by atoms with Gasteiger partial charge >= 0.3 is 5.97 Å². The predicted molar refractivity (Wildman–Crippen MR) is 68.2 cm³/mol. The molecule has 1 rings (SSSR count). The fourth-order valence-corrected chi connectivity index (χ4v) is 1.30. The molecule has 0 bridgehead atoms. The summed E-state index contributed by atoms with van der Waals surface area (Å²) in [5.41, 5.74) is 2.32. The number of hydrazone groups is 1. The normalized spacial score (nSPS) is 16.4. The first-order chi connectivity index (χ1) is 8.90. The summed E-state index contributed by atoms with van der Waals surface area (Å²) in [6.07, 6.45) is 0.430. The fourth-order valence-electron chi connectivity index (χ4n) is 1.30.